The number of hydrogen-bond donors (Lipinski definition) is 0. The Bertz CT molecular complexity index is 399. The summed E-state index contributed by atoms with van der Waals surface area (Å²) < 4.78 is 5.32. The molecule has 1 aliphatic heterocycles. The Morgan fingerprint density at radius 2 is 1.94 bits per heavy atom. The molecule has 0 spiro atoms. The average Bonchev–Trinajstić information content (AvgIpc) is 2.38. The van der Waals surface area contributed by atoms with Gasteiger partial charge in [0.15, 0.2) is 0 Å². The molecule has 1 heterocycles. The molecule has 1 atom stereocenters. The number of hydrogen-bond acceptors (Lipinski definition) is 3. The van der Waals surface area contributed by atoms with Crippen LogP contribution in [0.4, 0.5) is 0 Å². The highest BCUT2D eigenvalue weighted by Crippen LogP contribution is 2.21. The molecule has 2 rings (SSSR count). The summed E-state index contributed by atoms with van der Waals surface area (Å²) >= 11 is 5.88. The Labute approximate surface area is 113 Å². The van der Waals surface area contributed by atoms with E-state index < -0.39 is 0 Å². The largest absolute Gasteiger partial charge is 0.379 e. The van der Waals surface area contributed by atoms with Gasteiger partial charge in [0.25, 0.3) is 0 Å². The van der Waals surface area contributed by atoms with Gasteiger partial charge in [0.1, 0.15) is 5.78 Å². The third-order valence-corrected chi connectivity index (χ3v) is 3.56. The predicted octanol–water partition coefficient (Wildman–Crippen LogP) is 2.34. The van der Waals surface area contributed by atoms with E-state index in [-0.39, 0.29) is 11.7 Å². The SMILES string of the molecule is CC(=O)[C@@H](CN1CCOCC1)c1ccc(Cl)cc1. The van der Waals surface area contributed by atoms with Crippen LogP contribution in [-0.2, 0) is 9.53 Å². The maximum absolute atomic E-state index is 11.8. The van der Waals surface area contributed by atoms with E-state index in [9.17, 15) is 4.79 Å². The van der Waals surface area contributed by atoms with E-state index >= 15 is 0 Å². The minimum absolute atomic E-state index is 0.0691. The van der Waals surface area contributed by atoms with Crippen molar-refractivity contribution in [1.29, 1.82) is 0 Å². The van der Waals surface area contributed by atoms with Crippen molar-refractivity contribution in [3.05, 3.63) is 34.9 Å². The molecule has 0 bridgehead atoms. The molecular weight excluding hydrogens is 250 g/mol. The number of ketones is 1. The molecule has 0 unspecified atom stereocenters. The second-order valence-corrected chi connectivity index (χ2v) is 5.06. The summed E-state index contributed by atoms with van der Waals surface area (Å²) in [6, 6.07) is 7.56. The Morgan fingerprint density at radius 1 is 1.33 bits per heavy atom. The number of carbonyl (C=O) groups is 1. The van der Waals surface area contributed by atoms with Crippen LogP contribution in [-0.4, -0.2) is 43.5 Å². The summed E-state index contributed by atoms with van der Waals surface area (Å²) in [4.78, 5) is 14.1. The fourth-order valence-corrected chi connectivity index (χ4v) is 2.33. The zero-order valence-electron chi connectivity index (χ0n) is 10.6. The number of morpholine rings is 1. The number of benzene rings is 1. The van der Waals surface area contributed by atoms with Crippen LogP contribution in [0.2, 0.25) is 5.02 Å². The topological polar surface area (TPSA) is 29.5 Å². The van der Waals surface area contributed by atoms with Crippen LogP contribution in [0, 0.1) is 0 Å². The zero-order chi connectivity index (χ0) is 13.0. The molecule has 0 radical (unpaired) electrons. The van der Waals surface area contributed by atoms with E-state index in [1.807, 2.05) is 24.3 Å². The fraction of sp³-hybridized carbons (Fsp3) is 0.500. The minimum Gasteiger partial charge on any atom is -0.379 e. The van der Waals surface area contributed by atoms with E-state index in [2.05, 4.69) is 4.90 Å². The van der Waals surface area contributed by atoms with Gasteiger partial charge >= 0.3 is 0 Å². The number of rotatable bonds is 4. The van der Waals surface area contributed by atoms with Crippen LogP contribution in [0.1, 0.15) is 18.4 Å². The highest BCUT2D eigenvalue weighted by atomic mass is 35.5. The first kappa shape index (κ1) is 13.5. The van der Waals surface area contributed by atoms with Crippen molar-refractivity contribution in [2.24, 2.45) is 0 Å². The van der Waals surface area contributed by atoms with E-state index in [0.29, 0.717) is 5.02 Å². The molecule has 98 valence electrons. The Hall–Kier alpha value is -0.900. The number of Topliss-reactive ketones (excluding diaryl/α,β-unsaturated/α-hetero) is 1. The van der Waals surface area contributed by atoms with Gasteiger partial charge in [0, 0.05) is 24.7 Å². The van der Waals surface area contributed by atoms with E-state index in [0.717, 1.165) is 38.4 Å². The lowest BCUT2D eigenvalue weighted by Gasteiger charge is -2.29. The Morgan fingerprint density at radius 3 is 2.50 bits per heavy atom. The number of halogens is 1. The lowest BCUT2D eigenvalue weighted by atomic mass is 9.95. The van der Waals surface area contributed by atoms with Crippen LogP contribution in [0.25, 0.3) is 0 Å². The van der Waals surface area contributed by atoms with Gasteiger partial charge in [-0.2, -0.15) is 0 Å². The Balaban J connectivity index is 2.07. The van der Waals surface area contributed by atoms with E-state index in [1.165, 1.54) is 0 Å². The zero-order valence-corrected chi connectivity index (χ0v) is 11.3. The molecule has 1 saturated heterocycles. The minimum atomic E-state index is -0.0691. The van der Waals surface area contributed by atoms with Gasteiger partial charge in [-0.15, -0.1) is 0 Å². The lowest BCUT2D eigenvalue weighted by molar-refractivity contribution is -0.119. The summed E-state index contributed by atoms with van der Waals surface area (Å²) in [5.41, 5.74) is 1.04. The highest BCUT2D eigenvalue weighted by Gasteiger charge is 2.21. The molecule has 1 aromatic rings. The molecule has 0 aliphatic carbocycles. The number of nitrogens with zero attached hydrogens (tertiary/aromatic N) is 1. The second kappa shape index (κ2) is 6.32. The van der Waals surface area contributed by atoms with E-state index in [4.69, 9.17) is 16.3 Å². The van der Waals surface area contributed by atoms with Crippen LogP contribution in [0.15, 0.2) is 24.3 Å². The van der Waals surface area contributed by atoms with Crippen molar-refractivity contribution >= 4 is 17.4 Å². The van der Waals surface area contributed by atoms with Gasteiger partial charge < -0.3 is 4.74 Å². The number of carbonyl (C=O) groups excluding carboxylic acids is 1. The van der Waals surface area contributed by atoms with Crippen molar-refractivity contribution in [2.45, 2.75) is 12.8 Å². The van der Waals surface area contributed by atoms with Gasteiger partial charge in [-0.1, -0.05) is 23.7 Å². The average molecular weight is 268 g/mol. The van der Waals surface area contributed by atoms with Crippen LogP contribution in [0.3, 0.4) is 0 Å². The maximum atomic E-state index is 11.8. The molecule has 3 nitrogen and oxygen atoms in total. The first-order valence-electron chi connectivity index (χ1n) is 6.23. The van der Waals surface area contributed by atoms with E-state index in [1.54, 1.807) is 6.92 Å². The van der Waals surface area contributed by atoms with Crippen molar-refractivity contribution in [3.8, 4) is 0 Å². The molecule has 18 heavy (non-hydrogen) atoms. The normalized spacial score (nSPS) is 18.6. The molecule has 0 N–H and O–H groups in total. The van der Waals surface area contributed by atoms with Crippen molar-refractivity contribution in [2.75, 3.05) is 32.8 Å². The molecule has 0 amide bonds. The summed E-state index contributed by atoms with van der Waals surface area (Å²) in [6.07, 6.45) is 0. The van der Waals surface area contributed by atoms with Crippen LogP contribution < -0.4 is 0 Å². The van der Waals surface area contributed by atoms with Gasteiger partial charge in [0.05, 0.1) is 19.1 Å². The van der Waals surface area contributed by atoms with Crippen molar-refractivity contribution < 1.29 is 9.53 Å². The third-order valence-electron chi connectivity index (χ3n) is 3.31. The van der Waals surface area contributed by atoms with Gasteiger partial charge in [-0.25, -0.2) is 0 Å². The molecular formula is C14H18ClNO2. The highest BCUT2D eigenvalue weighted by molar-refractivity contribution is 6.30. The molecule has 4 heteroatoms. The summed E-state index contributed by atoms with van der Waals surface area (Å²) in [6.45, 7) is 5.73. The molecule has 1 fully saturated rings. The van der Waals surface area contributed by atoms with Gasteiger partial charge in [-0.05, 0) is 24.6 Å². The molecule has 0 aromatic heterocycles. The quantitative estimate of drug-likeness (QED) is 0.839. The first-order valence-corrected chi connectivity index (χ1v) is 6.60. The third kappa shape index (κ3) is 3.55. The summed E-state index contributed by atoms with van der Waals surface area (Å²) in [7, 11) is 0. The van der Waals surface area contributed by atoms with Crippen LogP contribution in [0.5, 0.6) is 0 Å². The second-order valence-electron chi connectivity index (χ2n) is 4.63. The summed E-state index contributed by atoms with van der Waals surface area (Å²) in [5, 5.41) is 0.701. The van der Waals surface area contributed by atoms with Gasteiger partial charge in [-0.3, -0.25) is 9.69 Å². The molecule has 1 aromatic carbocycles. The van der Waals surface area contributed by atoms with Gasteiger partial charge in [0.2, 0.25) is 0 Å². The standard InChI is InChI=1S/C14H18ClNO2/c1-11(17)14(10-16-6-8-18-9-7-16)12-2-4-13(15)5-3-12/h2-5,14H,6-10H2,1H3/t14-/m1/s1. The smallest absolute Gasteiger partial charge is 0.138 e. The molecule has 1 aliphatic rings. The number of ether oxygens (including phenoxy) is 1. The van der Waals surface area contributed by atoms with Crippen LogP contribution >= 0.6 is 11.6 Å². The fourth-order valence-electron chi connectivity index (χ4n) is 2.21. The Kier molecular flexibility index (Phi) is 4.75. The van der Waals surface area contributed by atoms with Crippen molar-refractivity contribution in [3.63, 3.8) is 0 Å². The monoisotopic (exact) mass is 267 g/mol. The molecule has 0 saturated carbocycles. The van der Waals surface area contributed by atoms with Crippen molar-refractivity contribution in [1.82, 2.24) is 4.90 Å². The predicted molar refractivity (Wildman–Crippen MR) is 72.1 cm³/mol. The maximum Gasteiger partial charge on any atom is 0.138 e. The lowest BCUT2D eigenvalue weighted by Crippen LogP contribution is -2.40. The summed E-state index contributed by atoms with van der Waals surface area (Å²) in [5.74, 6) is 0.129. The first-order chi connectivity index (χ1) is 8.66.